The van der Waals surface area contributed by atoms with Crippen molar-refractivity contribution in [2.75, 3.05) is 12.4 Å². The molecule has 6 heteroatoms. The molecule has 2 aromatic carbocycles. The number of hydrogen-bond donors (Lipinski definition) is 2. The van der Waals surface area contributed by atoms with E-state index >= 15 is 0 Å². The Hall–Kier alpha value is -2.27. The molecule has 0 bridgehead atoms. The zero-order chi connectivity index (χ0) is 16.8. The van der Waals surface area contributed by atoms with Crippen LogP contribution in [0.4, 0.5) is 10.1 Å². The minimum absolute atomic E-state index is 0.198. The molecule has 4 nitrogen and oxygen atoms in total. The summed E-state index contributed by atoms with van der Waals surface area (Å²) >= 11 is 6.05. The van der Waals surface area contributed by atoms with Gasteiger partial charge in [0, 0.05) is 17.6 Å². The zero-order valence-electron chi connectivity index (χ0n) is 12.9. The molecule has 1 unspecified atom stereocenters. The second-order valence-corrected chi connectivity index (χ2v) is 5.43. The Labute approximate surface area is 139 Å². The minimum atomic E-state index is -0.517. The number of methoxy groups -OCH3 is 1. The van der Waals surface area contributed by atoms with Gasteiger partial charge in [0.25, 0.3) is 0 Å². The van der Waals surface area contributed by atoms with Gasteiger partial charge in [-0.25, -0.2) is 4.39 Å². The first kappa shape index (κ1) is 17.1. The van der Waals surface area contributed by atoms with Gasteiger partial charge in [-0.3, -0.25) is 4.79 Å². The van der Waals surface area contributed by atoms with Gasteiger partial charge in [0.1, 0.15) is 17.6 Å². The molecule has 0 aliphatic rings. The van der Waals surface area contributed by atoms with E-state index in [9.17, 15) is 9.18 Å². The van der Waals surface area contributed by atoms with Crippen LogP contribution in [-0.4, -0.2) is 19.1 Å². The van der Waals surface area contributed by atoms with Crippen molar-refractivity contribution < 1.29 is 13.9 Å². The van der Waals surface area contributed by atoms with Gasteiger partial charge in [0.2, 0.25) is 5.91 Å². The van der Waals surface area contributed by atoms with Crippen LogP contribution in [0, 0.1) is 5.82 Å². The number of nitrogens with one attached hydrogen (secondary N) is 2. The summed E-state index contributed by atoms with van der Waals surface area (Å²) in [5, 5.41) is 6.42. The van der Waals surface area contributed by atoms with Gasteiger partial charge in [0.15, 0.2) is 0 Å². The van der Waals surface area contributed by atoms with Crippen molar-refractivity contribution in [3.05, 3.63) is 58.9 Å². The summed E-state index contributed by atoms with van der Waals surface area (Å²) < 4.78 is 18.3. The lowest BCUT2D eigenvalue weighted by Gasteiger charge is -2.17. The van der Waals surface area contributed by atoms with E-state index < -0.39 is 11.9 Å². The topological polar surface area (TPSA) is 50.4 Å². The lowest BCUT2D eigenvalue weighted by Crippen LogP contribution is -2.37. The van der Waals surface area contributed by atoms with E-state index in [1.165, 1.54) is 25.3 Å². The maximum absolute atomic E-state index is 13.2. The molecule has 0 fully saturated rings. The van der Waals surface area contributed by atoms with E-state index in [4.69, 9.17) is 16.3 Å². The van der Waals surface area contributed by atoms with Gasteiger partial charge in [-0.1, -0.05) is 29.8 Å². The van der Waals surface area contributed by atoms with Crippen LogP contribution in [0.25, 0.3) is 0 Å². The van der Waals surface area contributed by atoms with Crippen molar-refractivity contribution in [2.45, 2.75) is 19.5 Å². The van der Waals surface area contributed by atoms with Crippen LogP contribution in [0.15, 0.2) is 42.5 Å². The van der Waals surface area contributed by atoms with Crippen molar-refractivity contribution in [2.24, 2.45) is 0 Å². The van der Waals surface area contributed by atoms with Gasteiger partial charge in [-0.05, 0) is 30.7 Å². The van der Waals surface area contributed by atoms with Gasteiger partial charge < -0.3 is 15.4 Å². The molecular formula is C17H18ClFN2O2. The third-order valence-corrected chi connectivity index (χ3v) is 3.71. The Morgan fingerprint density at radius 2 is 2.04 bits per heavy atom. The summed E-state index contributed by atoms with van der Waals surface area (Å²) in [4.78, 5) is 12.2. The van der Waals surface area contributed by atoms with E-state index in [1.54, 1.807) is 13.0 Å². The van der Waals surface area contributed by atoms with Crippen LogP contribution in [0.2, 0.25) is 5.02 Å². The number of benzene rings is 2. The normalized spacial score (nSPS) is 11.7. The molecule has 0 aliphatic carbocycles. The molecule has 0 saturated carbocycles. The van der Waals surface area contributed by atoms with E-state index in [2.05, 4.69) is 10.6 Å². The van der Waals surface area contributed by atoms with Crippen molar-refractivity contribution >= 4 is 23.2 Å². The summed E-state index contributed by atoms with van der Waals surface area (Å²) in [7, 11) is 1.45. The smallest absolute Gasteiger partial charge is 0.242 e. The molecule has 23 heavy (non-hydrogen) atoms. The quantitative estimate of drug-likeness (QED) is 0.847. The number of carbonyl (C=O) groups is 1. The fourth-order valence-corrected chi connectivity index (χ4v) is 2.26. The predicted molar refractivity (Wildman–Crippen MR) is 89.3 cm³/mol. The number of amides is 1. The fraction of sp³-hybridized carbons (Fsp3) is 0.235. The number of anilines is 1. The van der Waals surface area contributed by atoms with E-state index in [0.29, 0.717) is 23.0 Å². The Kier molecular flexibility index (Phi) is 5.82. The van der Waals surface area contributed by atoms with Crippen LogP contribution in [0.1, 0.15) is 12.5 Å². The number of ether oxygens (including phenoxy) is 1. The predicted octanol–water partition coefficient (Wildman–Crippen LogP) is 3.60. The van der Waals surface area contributed by atoms with Crippen LogP contribution in [-0.2, 0) is 11.3 Å². The molecule has 0 aliphatic heterocycles. The monoisotopic (exact) mass is 336 g/mol. The first-order chi connectivity index (χ1) is 11.0. The Morgan fingerprint density at radius 3 is 2.74 bits per heavy atom. The first-order valence-corrected chi connectivity index (χ1v) is 7.50. The number of carbonyl (C=O) groups excluding carboxylic acids is 1. The molecule has 2 N–H and O–H groups in total. The maximum atomic E-state index is 13.2. The van der Waals surface area contributed by atoms with E-state index in [-0.39, 0.29) is 5.91 Å². The second kappa shape index (κ2) is 7.83. The Bertz CT molecular complexity index is 694. The van der Waals surface area contributed by atoms with Gasteiger partial charge in [-0.15, -0.1) is 0 Å². The highest BCUT2D eigenvalue weighted by Gasteiger charge is 2.15. The number of halogens is 2. The highest BCUT2D eigenvalue weighted by molar-refractivity contribution is 6.31. The average molecular weight is 337 g/mol. The van der Waals surface area contributed by atoms with Crippen LogP contribution in [0.3, 0.4) is 0 Å². The van der Waals surface area contributed by atoms with Gasteiger partial charge >= 0.3 is 0 Å². The Morgan fingerprint density at radius 1 is 1.30 bits per heavy atom. The maximum Gasteiger partial charge on any atom is 0.242 e. The van der Waals surface area contributed by atoms with E-state index in [0.717, 1.165) is 5.56 Å². The molecule has 2 aromatic rings. The molecular weight excluding hydrogens is 319 g/mol. The highest BCUT2D eigenvalue weighted by atomic mass is 35.5. The molecule has 122 valence electrons. The molecule has 1 amide bonds. The lowest BCUT2D eigenvalue weighted by molar-refractivity contribution is -0.121. The molecule has 2 rings (SSSR count). The number of rotatable bonds is 6. The molecule has 0 saturated heterocycles. The Balaban J connectivity index is 1.96. The summed E-state index contributed by atoms with van der Waals surface area (Å²) in [6.45, 7) is 2.05. The third-order valence-electron chi connectivity index (χ3n) is 3.34. The second-order valence-electron chi connectivity index (χ2n) is 5.02. The SMILES string of the molecule is COc1cc(F)ccc1NC(C)C(=O)NCc1ccccc1Cl. The standard InChI is InChI=1S/C17H18ClFN2O2/c1-11(21-15-8-7-13(19)9-16(15)23-2)17(22)20-10-12-5-3-4-6-14(12)18/h3-9,11,21H,10H2,1-2H3,(H,20,22). The van der Waals surface area contributed by atoms with Crippen molar-refractivity contribution in [1.82, 2.24) is 5.32 Å². The number of hydrogen-bond acceptors (Lipinski definition) is 3. The summed E-state index contributed by atoms with van der Waals surface area (Å²) in [6, 6.07) is 10.9. The highest BCUT2D eigenvalue weighted by Crippen LogP contribution is 2.25. The average Bonchev–Trinajstić information content (AvgIpc) is 2.55. The zero-order valence-corrected chi connectivity index (χ0v) is 13.7. The fourth-order valence-electron chi connectivity index (χ4n) is 2.06. The van der Waals surface area contributed by atoms with Gasteiger partial charge in [0.05, 0.1) is 12.8 Å². The molecule has 1 atom stereocenters. The first-order valence-electron chi connectivity index (χ1n) is 7.12. The van der Waals surface area contributed by atoms with Crippen molar-refractivity contribution in [3.63, 3.8) is 0 Å². The lowest BCUT2D eigenvalue weighted by atomic mass is 10.2. The summed E-state index contributed by atoms with van der Waals surface area (Å²) in [6.07, 6.45) is 0. The molecule has 0 aromatic heterocycles. The van der Waals surface area contributed by atoms with Crippen LogP contribution in [0.5, 0.6) is 5.75 Å². The van der Waals surface area contributed by atoms with Crippen molar-refractivity contribution in [3.8, 4) is 5.75 Å². The minimum Gasteiger partial charge on any atom is -0.494 e. The van der Waals surface area contributed by atoms with Crippen molar-refractivity contribution in [1.29, 1.82) is 0 Å². The summed E-state index contributed by atoms with van der Waals surface area (Å²) in [5.74, 6) is -0.254. The van der Waals surface area contributed by atoms with Crippen LogP contribution >= 0.6 is 11.6 Å². The third kappa shape index (κ3) is 4.60. The van der Waals surface area contributed by atoms with Crippen LogP contribution < -0.4 is 15.4 Å². The van der Waals surface area contributed by atoms with Gasteiger partial charge in [-0.2, -0.15) is 0 Å². The summed E-state index contributed by atoms with van der Waals surface area (Å²) in [5.41, 5.74) is 1.39. The molecule has 0 heterocycles. The van der Waals surface area contributed by atoms with E-state index in [1.807, 2.05) is 18.2 Å². The molecule has 0 spiro atoms. The largest absolute Gasteiger partial charge is 0.494 e. The molecule has 0 radical (unpaired) electrons.